The highest BCUT2D eigenvalue weighted by molar-refractivity contribution is 6.37. The van der Waals surface area contributed by atoms with E-state index in [0.29, 0.717) is 25.7 Å². The monoisotopic (exact) mass is 510 g/mol. The first-order valence-electron chi connectivity index (χ1n) is 13.3. The lowest BCUT2D eigenvalue weighted by Gasteiger charge is -2.11. The smallest absolute Gasteiger partial charge is 0.193 e. The molecule has 2 aromatic carbocycles. The van der Waals surface area contributed by atoms with Gasteiger partial charge in [0, 0.05) is 45.2 Å². The summed E-state index contributed by atoms with van der Waals surface area (Å²) >= 11 is 0. The number of ketones is 7. The van der Waals surface area contributed by atoms with E-state index in [2.05, 4.69) is 0 Å². The van der Waals surface area contributed by atoms with Gasteiger partial charge in [0.1, 0.15) is 11.8 Å². The van der Waals surface area contributed by atoms with Crippen LogP contribution < -0.4 is 0 Å². The Labute approximate surface area is 219 Å². The zero-order valence-electron chi connectivity index (χ0n) is 20.8. The summed E-state index contributed by atoms with van der Waals surface area (Å²) in [4.78, 5) is 91.2. The second-order valence-corrected chi connectivity index (χ2v) is 10.9. The normalized spacial score (nSPS) is 23.3. The molecule has 4 aliphatic rings. The van der Waals surface area contributed by atoms with Crippen LogP contribution in [0.1, 0.15) is 109 Å². The Kier molecular flexibility index (Phi) is 5.89. The molecule has 2 saturated carbocycles. The van der Waals surface area contributed by atoms with Crippen LogP contribution in [0.3, 0.4) is 0 Å². The maximum absolute atomic E-state index is 13.3. The van der Waals surface area contributed by atoms with Gasteiger partial charge in [-0.1, -0.05) is 37.8 Å². The highest BCUT2D eigenvalue weighted by Crippen LogP contribution is 2.37. The molecule has 2 unspecified atom stereocenters. The third kappa shape index (κ3) is 3.67. The van der Waals surface area contributed by atoms with Crippen molar-refractivity contribution in [1.82, 2.24) is 0 Å². The Hall–Kier alpha value is -3.87. The largest absolute Gasteiger partial charge is 0.298 e. The number of carbonyl (C=O) groups is 7. The molecule has 0 radical (unpaired) electrons. The molecule has 0 N–H and O–H groups in total. The first-order valence-corrected chi connectivity index (χ1v) is 13.3. The van der Waals surface area contributed by atoms with E-state index in [1.807, 2.05) is 0 Å². The summed E-state index contributed by atoms with van der Waals surface area (Å²) in [5.74, 6) is -6.55. The predicted molar refractivity (Wildman–Crippen MR) is 135 cm³/mol. The van der Waals surface area contributed by atoms with Crippen molar-refractivity contribution in [2.24, 2.45) is 23.7 Å². The zero-order valence-corrected chi connectivity index (χ0v) is 20.8. The van der Waals surface area contributed by atoms with Crippen LogP contribution in [0.15, 0.2) is 36.4 Å². The van der Waals surface area contributed by atoms with E-state index in [1.54, 1.807) is 0 Å². The fourth-order valence-electron chi connectivity index (χ4n) is 6.64. The standard InChI is InChI=1S/C31H26O7/c32-25(17-9-11-19-21(13-17)30(37)23(28(19)35)26(33)15-5-1-2-6-15)18-10-12-20-22(14-18)31(38)24(29(20)36)27(34)16-7-3-4-8-16/h9-16,23-24H,1-8H2. The molecule has 38 heavy (non-hydrogen) atoms. The van der Waals surface area contributed by atoms with Gasteiger partial charge in [0.05, 0.1) is 0 Å². The van der Waals surface area contributed by atoms with Gasteiger partial charge in [-0.3, -0.25) is 33.6 Å². The topological polar surface area (TPSA) is 119 Å². The van der Waals surface area contributed by atoms with Crippen molar-refractivity contribution in [2.45, 2.75) is 51.4 Å². The minimum atomic E-state index is -1.34. The summed E-state index contributed by atoms with van der Waals surface area (Å²) < 4.78 is 0. The molecule has 7 nitrogen and oxygen atoms in total. The maximum Gasteiger partial charge on any atom is 0.193 e. The third-order valence-corrected chi connectivity index (χ3v) is 8.76. The molecule has 0 aromatic heterocycles. The number of rotatable bonds is 6. The minimum Gasteiger partial charge on any atom is -0.298 e. The second kappa shape index (κ2) is 9.15. The molecular formula is C31H26O7. The average molecular weight is 511 g/mol. The molecule has 4 aliphatic carbocycles. The maximum atomic E-state index is 13.3. The van der Waals surface area contributed by atoms with E-state index in [-0.39, 0.29) is 56.8 Å². The van der Waals surface area contributed by atoms with E-state index in [9.17, 15) is 33.6 Å². The van der Waals surface area contributed by atoms with Crippen molar-refractivity contribution in [3.63, 3.8) is 0 Å². The molecule has 2 aromatic rings. The van der Waals surface area contributed by atoms with Gasteiger partial charge in [-0.2, -0.15) is 0 Å². The van der Waals surface area contributed by atoms with Crippen LogP contribution in [-0.4, -0.2) is 40.5 Å². The van der Waals surface area contributed by atoms with Gasteiger partial charge in [-0.25, -0.2) is 0 Å². The summed E-state index contributed by atoms with van der Waals surface area (Å²) in [7, 11) is 0. The Morgan fingerprint density at radius 1 is 0.500 bits per heavy atom. The molecule has 6 rings (SSSR count). The van der Waals surface area contributed by atoms with Gasteiger partial charge in [-0.05, 0) is 49.9 Å². The van der Waals surface area contributed by atoms with E-state index in [1.165, 1.54) is 36.4 Å². The number of hydrogen-bond acceptors (Lipinski definition) is 7. The fraction of sp³-hybridized carbons (Fsp3) is 0.387. The van der Waals surface area contributed by atoms with E-state index in [0.717, 1.165) is 25.7 Å². The fourth-order valence-corrected chi connectivity index (χ4v) is 6.64. The van der Waals surface area contributed by atoms with Gasteiger partial charge in [0.2, 0.25) is 0 Å². The molecule has 192 valence electrons. The van der Waals surface area contributed by atoms with Crippen molar-refractivity contribution in [2.75, 3.05) is 0 Å². The van der Waals surface area contributed by atoms with Crippen molar-refractivity contribution in [1.29, 1.82) is 0 Å². The number of benzene rings is 2. The van der Waals surface area contributed by atoms with Crippen LogP contribution in [0.5, 0.6) is 0 Å². The summed E-state index contributed by atoms with van der Waals surface area (Å²) in [6.07, 6.45) is 6.35. The van der Waals surface area contributed by atoms with Crippen LogP contribution in [0, 0.1) is 23.7 Å². The lowest BCUT2D eigenvalue weighted by atomic mass is 9.88. The van der Waals surface area contributed by atoms with Crippen LogP contribution in [0.25, 0.3) is 0 Å². The quantitative estimate of drug-likeness (QED) is 0.417. The van der Waals surface area contributed by atoms with Crippen LogP contribution in [0.4, 0.5) is 0 Å². The second-order valence-electron chi connectivity index (χ2n) is 10.9. The Morgan fingerprint density at radius 2 is 0.842 bits per heavy atom. The number of fused-ring (bicyclic) bond motifs is 2. The van der Waals surface area contributed by atoms with E-state index < -0.39 is 40.8 Å². The van der Waals surface area contributed by atoms with Crippen LogP contribution in [-0.2, 0) is 9.59 Å². The summed E-state index contributed by atoms with van der Waals surface area (Å²) in [5.41, 5.74) is 0.679. The lowest BCUT2D eigenvalue weighted by Crippen LogP contribution is -2.30. The third-order valence-electron chi connectivity index (χ3n) is 8.76. The van der Waals surface area contributed by atoms with Crippen molar-refractivity contribution in [3.05, 3.63) is 69.8 Å². The van der Waals surface area contributed by atoms with Crippen molar-refractivity contribution >= 4 is 40.5 Å². The molecule has 0 saturated heterocycles. The Morgan fingerprint density at radius 3 is 1.21 bits per heavy atom. The summed E-state index contributed by atoms with van der Waals surface area (Å²) in [6.45, 7) is 0. The Balaban J connectivity index is 1.26. The molecular weight excluding hydrogens is 484 g/mol. The van der Waals surface area contributed by atoms with Gasteiger partial charge < -0.3 is 0 Å². The average Bonchev–Trinajstić information content (AvgIpc) is 3.72. The first-order chi connectivity index (χ1) is 18.3. The summed E-state index contributed by atoms with van der Waals surface area (Å²) in [6, 6.07) is 8.36. The molecule has 0 spiro atoms. The van der Waals surface area contributed by atoms with Gasteiger partial charge in [-0.15, -0.1) is 0 Å². The number of hydrogen-bond donors (Lipinski definition) is 0. The zero-order chi connectivity index (χ0) is 26.7. The predicted octanol–water partition coefficient (Wildman–Crippen LogP) is 4.43. The van der Waals surface area contributed by atoms with Crippen molar-refractivity contribution < 1.29 is 33.6 Å². The SMILES string of the molecule is O=C(c1ccc2c(c1)C(=O)C(C(=O)C1CCCC1)C2=O)c1ccc2c(c1)C(=O)C(C(=O)C1CCCC1)C2=O. The minimum absolute atomic E-state index is 0.0619. The van der Waals surface area contributed by atoms with E-state index >= 15 is 0 Å². The van der Waals surface area contributed by atoms with Gasteiger partial charge >= 0.3 is 0 Å². The van der Waals surface area contributed by atoms with Crippen molar-refractivity contribution in [3.8, 4) is 0 Å². The van der Waals surface area contributed by atoms with Gasteiger partial charge in [0.15, 0.2) is 40.5 Å². The van der Waals surface area contributed by atoms with Crippen LogP contribution >= 0.6 is 0 Å². The van der Waals surface area contributed by atoms with Crippen LogP contribution in [0.2, 0.25) is 0 Å². The molecule has 7 heteroatoms. The molecule has 0 amide bonds. The van der Waals surface area contributed by atoms with E-state index in [4.69, 9.17) is 0 Å². The Bertz CT molecular complexity index is 1360. The van der Waals surface area contributed by atoms with Gasteiger partial charge in [0.25, 0.3) is 0 Å². The summed E-state index contributed by atoms with van der Waals surface area (Å²) in [5, 5.41) is 0. The lowest BCUT2D eigenvalue weighted by molar-refractivity contribution is -0.124. The highest BCUT2D eigenvalue weighted by Gasteiger charge is 2.47. The molecule has 0 bridgehead atoms. The molecule has 2 atom stereocenters. The number of Topliss-reactive ketones (excluding diaryl/α,β-unsaturated/α-hetero) is 6. The number of carbonyl (C=O) groups excluding carboxylic acids is 7. The molecule has 0 aliphatic heterocycles. The molecule has 2 fully saturated rings. The first kappa shape index (κ1) is 24.5. The highest BCUT2D eigenvalue weighted by atomic mass is 16.2. The molecule has 0 heterocycles.